The molecule has 2 aromatic rings. The molecule has 0 atom stereocenters. The number of aryl methyl sites for hydroxylation is 2. The first-order valence-electron chi connectivity index (χ1n) is 5.22. The van der Waals surface area contributed by atoms with Gasteiger partial charge >= 0.3 is 0 Å². The van der Waals surface area contributed by atoms with Gasteiger partial charge in [-0.1, -0.05) is 0 Å². The molecular weight excluding hydrogens is 218 g/mol. The van der Waals surface area contributed by atoms with E-state index in [0.29, 0.717) is 11.2 Å². The molecule has 0 saturated carbocycles. The maximum atomic E-state index is 11.5. The van der Waals surface area contributed by atoms with Gasteiger partial charge in [0.1, 0.15) is 5.52 Å². The Labute approximate surface area is 98.5 Å². The number of rotatable bonds is 1. The zero-order valence-electron chi connectivity index (χ0n) is 9.90. The summed E-state index contributed by atoms with van der Waals surface area (Å²) in [5, 5.41) is 13.2. The number of carbonyl (C=O) groups excluding carboxylic acids is 1. The fourth-order valence-corrected chi connectivity index (χ4v) is 1.70. The van der Waals surface area contributed by atoms with Crippen molar-refractivity contribution >= 4 is 16.8 Å². The summed E-state index contributed by atoms with van der Waals surface area (Å²) in [5.74, 6) is -0.597. The second-order valence-corrected chi connectivity index (χ2v) is 3.88. The van der Waals surface area contributed by atoms with Gasteiger partial charge in [-0.3, -0.25) is 9.78 Å². The highest BCUT2D eigenvalue weighted by atomic mass is 16.3. The van der Waals surface area contributed by atoms with E-state index in [2.05, 4.69) is 15.3 Å². The molecule has 2 heterocycles. The Morgan fingerprint density at radius 1 is 1.41 bits per heavy atom. The molecule has 0 aliphatic heterocycles. The Morgan fingerprint density at radius 2 is 2.12 bits per heavy atom. The van der Waals surface area contributed by atoms with Crippen molar-refractivity contribution in [1.82, 2.24) is 15.3 Å². The number of nitrogens with zero attached hydrogens (tertiary/aromatic N) is 2. The molecule has 0 aliphatic carbocycles. The van der Waals surface area contributed by atoms with E-state index in [4.69, 9.17) is 0 Å². The molecule has 0 unspecified atom stereocenters. The third kappa shape index (κ3) is 1.80. The minimum Gasteiger partial charge on any atom is -0.504 e. The van der Waals surface area contributed by atoms with Crippen LogP contribution in [0.25, 0.3) is 10.9 Å². The highest BCUT2D eigenvalue weighted by Crippen LogP contribution is 2.27. The molecule has 5 heteroatoms. The van der Waals surface area contributed by atoms with Gasteiger partial charge in [0.25, 0.3) is 5.91 Å². The first-order chi connectivity index (χ1) is 8.04. The molecule has 0 aromatic carbocycles. The normalized spacial score (nSPS) is 10.5. The quantitative estimate of drug-likeness (QED) is 0.776. The Kier molecular flexibility index (Phi) is 2.67. The summed E-state index contributed by atoms with van der Waals surface area (Å²) in [5.41, 5.74) is 2.07. The molecule has 0 saturated heterocycles. The average Bonchev–Trinajstić information content (AvgIpc) is 2.32. The number of hydrogen-bond acceptors (Lipinski definition) is 4. The van der Waals surface area contributed by atoms with Gasteiger partial charge in [0.05, 0.1) is 0 Å². The summed E-state index contributed by atoms with van der Waals surface area (Å²) in [7, 11) is 1.49. The number of nitrogens with one attached hydrogen (secondary N) is 1. The summed E-state index contributed by atoms with van der Waals surface area (Å²) in [6.45, 7) is 3.70. The Bertz CT molecular complexity index is 608. The van der Waals surface area contributed by atoms with Crippen molar-refractivity contribution in [3.63, 3.8) is 0 Å². The van der Waals surface area contributed by atoms with Crippen LogP contribution in [0, 0.1) is 13.8 Å². The summed E-state index contributed by atoms with van der Waals surface area (Å²) >= 11 is 0. The van der Waals surface area contributed by atoms with Crippen molar-refractivity contribution in [3.05, 3.63) is 29.2 Å². The number of fused-ring (bicyclic) bond motifs is 1. The lowest BCUT2D eigenvalue weighted by molar-refractivity contribution is 0.0955. The SMILES string of the molecule is CNC(=O)c1nc(C)c2cc(C)cnc2c1O. The molecule has 17 heavy (non-hydrogen) atoms. The van der Waals surface area contributed by atoms with Crippen LogP contribution < -0.4 is 5.32 Å². The van der Waals surface area contributed by atoms with Crippen LogP contribution in [-0.4, -0.2) is 28.0 Å². The maximum Gasteiger partial charge on any atom is 0.273 e. The second kappa shape index (κ2) is 4.01. The lowest BCUT2D eigenvalue weighted by atomic mass is 10.1. The first kappa shape index (κ1) is 11.3. The second-order valence-electron chi connectivity index (χ2n) is 3.88. The monoisotopic (exact) mass is 231 g/mol. The maximum absolute atomic E-state index is 11.5. The third-order valence-corrected chi connectivity index (χ3v) is 2.58. The van der Waals surface area contributed by atoms with Crippen molar-refractivity contribution in [1.29, 1.82) is 0 Å². The number of carbonyl (C=O) groups is 1. The van der Waals surface area contributed by atoms with Crippen LogP contribution in [0.15, 0.2) is 12.3 Å². The van der Waals surface area contributed by atoms with Crippen LogP contribution in [0.1, 0.15) is 21.7 Å². The van der Waals surface area contributed by atoms with Gasteiger partial charge in [0.2, 0.25) is 0 Å². The summed E-state index contributed by atoms with van der Waals surface area (Å²) < 4.78 is 0. The summed E-state index contributed by atoms with van der Waals surface area (Å²) in [4.78, 5) is 19.8. The predicted octanol–water partition coefficient (Wildman–Crippen LogP) is 1.31. The van der Waals surface area contributed by atoms with Crippen LogP contribution >= 0.6 is 0 Å². The van der Waals surface area contributed by atoms with E-state index in [1.807, 2.05) is 13.0 Å². The third-order valence-electron chi connectivity index (χ3n) is 2.58. The van der Waals surface area contributed by atoms with Gasteiger partial charge in [-0.05, 0) is 25.5 Å². The van der Waals surface area contributed by atoms with Crippen LogP contribution in [-0.2, 0) is 0 Å². The van der Waals surface area contributed by atoms with E-state index < -0.39 is 5.91 Å². The zero-order chi connectivity index (χ0) is 12.6. The van der Waals surface area contributed by atoms with Gasteiger partial charge in [0, 0.05) is 24.3 Å². The number of pyridine rings is 2. The molecule has 1 amide bonds. The predicted molar refractivity (Wildman–Crippen MR) is 64.1 cm³/mol. The standard InChI is InChI=1S/C12H13N3O2/c1-6-4-8-7(2)15-10(12(17)13-3)11(16)9(8)14-5-6/h4-5,16H,1-3H3,(H,13,17). The molecule has 5 nitrogen and oxygen atoms in total. The zero-order valence-corrected chi connectivity index (χ0v) is 9.90. The largest absolute Gasteiger partial charge is 0.504 e. The van der Waals surface area contributed by atoms with E-state index in [9.17, 15) is 9.90 Å². The highest BCUT2D eigenvalue weighted by Gasteiger charge is 2.17. The van der Waals surface area contributed by atoms with Crippen LogP contribution in [0.4, 0.5) is 0 Å². The number of aromatic nitrogens is 2. The molecule has 88 valence electrons. The Hall–Kier alpha value is -2.17. The minimum atomic E-state index is -0.421. The molecule has 0 bridgehead atoms. The smallest absolute Gasteiger partial charge is 0.273 e. The van der Waals surface area contributed by atoms with Gasteiger partial charge < -0.3 is 10.4 Å². The van der Waals surface area contributed by atoms with E-state index in [-0.39, 0.29) is 11.4 Å². The van der Waals surface area contributed by atoms with Crippen molar-refractivity contribution in [2.45, 2.75) is 13.8 Å². The lowest BCUT2D eigenvalue weighted by Crippen LogP contribution is -2.20. The lowest BCUT2D eigenvalue weighted by Gasteiger charge is -2.08. The van der Waals surface area contributed by atoms with E-state index in [1.165, 1.54) is 7.05 Å². The fraction of sp³-hybridized carbons (Fsp3) is 0.250. The minimum absolute atomic E-state index is 0.00820. The van der Waals surface area contributed by atoms with E-state index >= 15 is 0 Å². The van der Waals surface area contributed by atoms with Crippen molar-refractivity contribution < 1.29 is 9.90 Å². The molecule has 0 aliphatic rings. The molecule has 2 N–H and O–H groups in total. The average molecular weight is 231 g/mol. The van der Waals surface area contributed by atoms with Gasteiger partial charge in [-0.25, -0.2) is 4.98 Å². The van der Waals surface area contributed by atoms with Crippen molar-refractivity contribution in [2.24, 2.45) is 0 Å². The fourth-order valence-electron chi connectivity index (χ4n) is 1.70. The number of aromatic hydroxyl groups is 1. The highest BCUT2D eigenvalue weighted by molar-refractivity contribution is 6.00. The summed E-state index contributed by atoms with van der Waals surface area (Å²) in [6.07, 6.45) is 1.65. The Morgan fingerprint density at radius 3 is 2.76 bits per heavy atom. The molecule has 0 spiro atoms. The molecule has 2 aromatic heterocycles. The summed E-state index contributed by atoms with van der Waals surface area (Å²) in [6, 6.07) is 1.89. The first-order valence-corrected chi connectivity index (χ1v) is 5.22. The topological polar surface area (TPSA) is 75.1 Å². The molecule has 0 fully saturated rings. The van der Waals surface area contributed by atoms with Crippen molar-refractivity contribution in [3.8, 4) is 5.75 Å². The van der Waals surface area contributed by atoms with Gasteiger partial charge in [-0.15, -0.1) is 0 Å². The molecule has 2 rings (SSSR count). The molecular formula is C12H13N3O2. The van der Waals surface area contributed by atoms with E-state index in [1.54, 1.807) is 13.1 Å². The molecule has 0 radical (unpaired) electrons. The Balaban J connectivity index is 2.81. The van der Waals surface area contributed by atoms with Crippen LogP contribution in [0.3, 0.4) is 0 Å². The van der Waals surface area contributed by atoms with Crippen LogP contribution in [0.2, 0.25) is 0 Å². The van der Waals surface area contributed by atoms with Gasteiger partial charge in [-0.2, -0.15) is 0 Å². The van der Waals surface area contributed by atoms with Crippen LogP contribution in [0.5, 0.6) is 5.75 Å². The van der Waals surface area contributed by atoms with Gasteiger partial charge in [0.15, 0.2) is 11.4 Å². The number of amides is 1. The van der Waals surface area contributed by atoms with E-state index in [0.717, 1.165) is 10.9 Å². The van der Waals surface area contributed by atoms with Crippen molar-refractivity contribution in [2.75, 3.05) is 7.05 Å². The number of hydrogen-bond donors (Lipinski definition) is 2.